The van der Waals surface area contributed by atoms with E-state index in [1.165, 1.54) is 30.3 Å². The summed E-state index contributed by atoms with van der Waals surface area (Å²) in [5.74, 6) is -0.724. The number of carbonyl (C=O) groups is 1. The van der Waals surface area contributed by atoms with Gasteiger partial charge in [-0.15, -0.1) is 16.8 Å². The average Bonchev–Trinajstić information content (AvgIpc) is 3.09. The van der Waals surface area contributed by atoms with Gasteiger partial charge in [-0.1, -0.05) is 30.0 Å². The van der Waals surface area contributed by atoms with Gasteiger partial charge in [0.05, 0.1) is 17.0 Å². The van der Waals surface area contributed by atoms with E-state index in [2.05, 4.69) is 22.1 Å². The second kappa shape index (κ2) is 9.12. The maximum atomic E-state index is 13.2. The normalized spacial score (nSPS) is 11.3. The molecule has 156 valence electrons. The van der Waals surface area contributed by atoms with Crippen LogP contribution in [0, 0.1) is 5.82 Å². The summed E-state index contributed by atoms with van der Waals surface area (Å²) in [6.45, 7) is 4.01. The Labute approximate surface area is 173 Å². The number of amides is 1. The number of para-hydroxylation sites is 1. The smallest absolute Gasteiger partial charge is 0.325 e. The number of thioether (sulfide) groups is 1. The van der Waals surface area contributed by atoms with Crippen LogP contribution in [0.3, 0.4) is 0 Å². The number of hydrogen-bond donors (Lipinski definition) is 1. The van der Waals surface area contributed by atoms with E-state index >= 15 is 0 Å². The summed E-state index contributed by atoms with van der Waals surface area (Å²) in [6.07, 6.45) is -2.97. The fourth-order valence-electron chi connectivity index (χ4n) is 2.66. The van der Waals surface area contributed by atoms with Crippen LogP contribution in [-0.2, 0) is 17.5 Å². The Bertz CT molecular complexity index is 1050. The third kappa shape index (κ3) is 5.07. The largest absolute Gasteiger partial charge is 0.418 e. The van der Waals surface area contributed by atoms with E-state index in [4.69, 9.17) is 0 Å². The van der Waals surface area contributed by atoms with E-state index in [0.29, 0.717) is 23.1 Å². The van der Waals surface area contributed by atoms with Crippen LogP contribution in [0.4, 0.5) is 23.2 Å². The van der Waals surface area contributed by atoms with Crippen molar-refractivity contribution in [3.05, 3.63) is 72.6 Å². The predicted molar refractivity (Wildman–Crippen MR) is 106 cm³/mol. The van der Waals surface area contributed by atoms with Crippen LogP contribution < -0.4 is 5.32 Å². The summed E-state index contributed by atoms with van der Waals surface area (Å²) in [4.78, 5) is 12.2. The van der Waals surface area contributed by atoms with E-state index in [0.717, 1.165) is 17.8 Å². The topological polar surface area (TPSA) is 59.8 Å². The number of anilines is 1. The molecule has 0 aliphatic carbocycles. The second-order valence-electron chi connectivity index (χ2n) is 6.09. The highest BCUT2D eigenvalue weighted by molar-refractivity contribution is 7.99. The molecule has 2 aromatic carbocycles. The number of rotatable bonds is 7. The maximum absolute atomic E-state index is 13.2. The van der Waals surface area contributed by atoms with E-state index in [-0.39, 0.29) is 17.3 Å². The lowest BCUT2D eigenvalue weighted by atomic mass is 10.1. The van der Waals surface area contributed by atoms with Crippen LogP contribution in [0.2, 0.25) is 0 Å². The molecule has 10 heteroatoms. The van der Waals surface area contributed by atoms with Gasteiger partial charge >= 0.3 is 6.18 Å². The lowest BCUT2D eigenvalue weighted by molar-refractivity contribution is -0.137. The predicted octanol–water partition coefficient (Wildman–Crippen LogP) is 5.02. The Morgan fingerprint density at radius 2 is 1.83 bits per heavy atom. The molecule has 0 saturated heterocycles. The third-order valence-corrected chi connectivity index (χ3v) is 4.94. The van der Waals surface area contributed by atoms with Crippen molar-refractivity contribution in [2.45, 2.75) is 17.9 Å². The molecule has 3 rings (SSSR count). The molecule has 3 aromatic rings. The molecule has 0 unspecified atom stereocenters. The summed E-state index contributed by atoms with van der Waals surface area (Å²) in [6, 6.07) is 10.4. The quantitative estimate of drug-likeness (QED) is 0.321. The van der Waals surface area contributed by atoms with Crippen molar-refractivity contribution in [1.29, 1.82) is 0 Å². The number of nitrogens with zero attached hydrogens (tertiary/aromatic N) is 3. The molecule has 0 spiro atoms. The van der Waals surface area contributed by atoms with Gasteiger partial charge in [-0.25, -0.2) is 4.39 Å². The van der Waals surface area contributed by atoms with Crippen molar-refractivity contribution in [1.82, 2.24) is 14.8 Å². The van der Waals surface area contributed by atoms with Crippen LogP contribution in [-0.4, -0.2) is 26.4 Å². The zero-order valence-corrected chi connectivity index (χ0v) is 16.3. The molecule has 0 saturated carbocycles. The monoisotopic (exact) mass is 436 g/mol. The molecular weight excluding hydrogens is 420 g/mol. The Kier molecular flexibility index (Phi) is 6.56. The highest BCUT2D eigenvalue weighted by Crippen LogP contribution is 2.34. The van der Waals surface area contributed by atoms with Gasteiger partial charge in [0.1, 0.15) is 5.82 Å². The third-order valence-electron chi connectivity index (χ3n) is 3.97. The molecule has 0 radical (unpaired) electrons. The summed E-state index contributed by atoms with van der Waals surface area (Å²) >= 11 is 1.02. The first-order valence-corrected chi connectivity index (χ1v) is 9.67. The second-order valence-corrected chi connectivity index (χ2v) is 7.04. The Morgan fingerprint density at radius 3 is 2.50 bits per heavy atom. The molecule has 1 N–H and O–H groups in total. The SMILES string of the molecule is C=CCn1c(SCC(=O)Nc2ccccc2C(F)(F)F)nnc1-c1ccc(F)cc1. The molecule has 1 heterocycles. The summed E-state index contributed by atoms with van der Waals surface area (Å²) in [5, 5.41) is 10.8. The van der Waals surface area contributed by atoms with Gasteiger partial charge in [0.15, 0.2) is 11.0 Å². The minimum absolute atomic E-state index is 0.176. The molecule has 0 aliphatic heterocycles. The molecule has 0 fully saturated rings. The van der Waals surface area contributed by atoms with Gasteiger partial charge in [0.2, 0.25) is 5.91 Å². The molecule has 0 atom stereocenters. The van der Waals surface area contributed by atoms with Gasteiger partial charge in [0.25, 0.3) is 0 Å². The van der Waals surface area contributed by atoms with Gasteiger partial charge in [-0.2, -0.15) is 13.2 Å². The first-order chi connectivity index (χ1) is 14.3. The van der Waals surface area contributed by atoms with Gasteiger partial charge in [-0.3, -0.25) is 9.36 Å². The van der Waals surface area contributed by atoms with E-state index < -0.39 is 17.6 Å². The number of benzene rings is 2. The van der Waals surface area contributed by atoms with Crippen molar-refractivity contribution in [3.63, 3.8) is 0 Å². The standard InChI is InChI=1S/C20H16F4N4OS/c1-2-11-28-18(13-7-9-14(21)10-8-13)26-27-19(28)30-12-17(29)25-16-6-4-3-5-15(16)20(22,23)24/h2-10H,1,11-12H2,(H,25,29). The van der Waals surface area contributed by atoms with Crippen molar-refractivity contribution < 1.29 is 22.4 Å². The van der Waals surface area contributed by atoms with Gasteiger partial charge in [0, 0.05) is 12.1 Å². The van der Waals surface area contributed by atoms with E-state index in [9.17, 15) is 22.4 Å². The number of carbonyl (C=O) groups excluding carboxylic acids is 1. The minimum atomic E-state index is -4.58. The number of allylic oxidation sites excluding steroid dienone is 1. The van der Waals surface area contributed by atoms with Crippen LogP contribution >= 0.6 is 11.8 Å². The number of nitrogens with one attached hydrogen (secondary N) is 1. The molecule has 1 amide bonds. The number of hydrogen-bond acceptors (Lipinski definition) is 4. The number of alkyl halides is 3. The van der Waals surface area contributed by atoms with Gasteiger partial charge < -0.3 is 5.32 Å². The molecule has 5 nitrogen and oxygen atoms in total. The first-order valence-electron chi connectivity index (χ1n) is 8.68. The summed E-state index contributed by atoms with van der Waals surface area (Å²) < 4.78 is 54.0. The van der Waals surface area contributed by atoms with Crippen LogP contribution in [0.25, 0.3) is 11.4 Å². The Hall–Kier alpha value is -3.14. The molecule has 0 bridgehead atoms. The lowest BCUT2D eigenvalue weighted by Crippen LogP contribution is -2.18. The zero-order valence-electron chi connectivity index (χ0n) is 15.5. The first kappa shape index (κ1) is 21.6. The minimum Gasteiger partial charge on any atom is -0.325 e. The van der Waals surface area contributed by atoms with Crippen LogP contribution in [0.15, 0.2) is 66.3 Å². The number of aromatic nitrogens is 3. The Balaban J connectivity index is 1.74. The average molecular weight is 436 g/mol. The van der Waals surface area contributed by atoms with Crippen molar-refractivity contribution >= 4 is 23.4 Å². The van der Waals surface area contributed by atoms with E-state index in [1.54, 1.807) is 22.8 Å². The summed E-state index contributed by atoms with van der Waals surface area (Å²) in [5.41, 5.74) is -0.604. The van der Waals surface area contributed by atoms with E-state index in [1.807, 2.05) is 0 Å². The fourth-order valence-corrected chi connectivity index (χ4v) is 3.41. The molecule has 1 aromatic heterocycles. The highest BCUT2D eigenvalue weighted by Gasteiger charge is 2.33. The van der Waals surface area contributed by atoms with Crippen molar-refractivity contribution in [2.24, 2.45) is 0 Å². The highest BCUT2D eigenvalue weighted by atomic mass is 32.2. The van der Waals surface area contributed by atoms with Crippen LogP contribution in [0.5, 0.6) is 0 Å². The fraction of sp³-hybridized carbons (Fsp3) is 0.150. The molecular formula is C20H16F4N4OS. The molecule has 30 heavy (non-hydrogen) atoms. The van der Waals surface area contributed by atoms with Gasteiger partial charge in [-0.05, 0) is 36.4 Å². The van der Waals surface area contributed by atoms with Crippen molar-refractivity contribution in [3.8, 4) is 11.4 Å². The Morgan fingerprint density at radius 1 is 1.13 bits per heavy atom. The number of halogens is 4. The molecule has 0 aliphatic rings. The lowest BCUT2D eigenvalue weighted by Gasteiger charge is -2.13. The van der Waals surface area contributed by atoms with Crippen molar-refractivity contribution in [2.75, 3.05) is 11.1 Å². The van der Waals surface area contributed by atoms with Crippen LogP contribution in [0.1, 0.15) is 5.56 Å². The zero-order chi connectivity index (χ0) is 21.7. The summed E-state index contributed by atoms with van der Waals surface area (Å²) in [7, 11) is 0. The maximum Gasteiger partial charge on any atom is 0.418 e.